The Kier molecular flexibility index (Phi) is 8.54. The Morgan fingerprint density at radius 3 is 2.79 bits per heavy atom. The molecule has 180 valence electrons. The Labute approximate surface area is 203 Å². The minimum absolute atomic E-state index is 0.129. The van der Waals surface area contributed by atoms with Gasteiger partial charge >= 0.3 is 0 Å². The van der Waals surface area contributed by atoms with Crippen LogP contribution in [-0.4, -0.2) is 55.9 Å². The molecule has 1 aliphatic carbocycles. The summed E-state index contributed by atoms with van der Waals surface area (Å²) in [6.07, 6.45) is 7.91. The molecule has 1 unspecified atom stereocenters. The highest BCUT2D eigenvalue weighted by Gasteiger charge is 2.26. The van der Waals surface area contributed by atoms with E-state index in [1.54, 1.807) is 6.20 Å². The largest absolute Gasteiger partial charge is 0.366 e. The van der Waals surface area contributed by atoms with E-state index in [0.29, 0.717) is 23.3 Å². The zero-order valence-electron chi connectivity index (χ0n) is 19.0. The van der Waals surface area contributed by atoms with Gasteiger partial charge in [0.1, 0.15) is 5.02 Å². The summed E-state index contributed by atoms with van der Waals surface area (Å²) in [5.74, 6) is 1.31. The van der Waals surface area contributed by atoms with E-state index in [2.05, 4.69) is 55.3 Å². The number of likely N-dealkylation sites (N-methyl/N-ethyl adjacent to an activating group) is 1. The Morgan fingerprint density at radius 2 is 2.00 bits per heavy atom. The van der Waals surface area contributed by atoms with Gasteiger partial charge in [-0.1, -0.05) is 37.4 Å². The number of anilines is 3. The Hall–Kier alpha value is -1.78. The minimum atomic E-state index is -2.01. The van der Waals surface area contributed by atoms with Gasteiger partial charge < -0.3 is 15.5 Å². The van der Waals surface area contributed by atoms with Crippen LogP contribution in [0.4, 0.5) is 17.5 Å². The van der Waals surface area contributed by atoms with Gasteiger partial charge in [-0.15, -0.1) is 0 Å². The molecule has 8 nitrogen and oxygen atoms in total. The van der Waals surface area contributed by atoms with E-state index >= 15 is 0 Å². The van der Waals surface area contributed by atoms with Crippen molar-refractivity contribution in [3.8, 4) is 0 Å². The molecule has 4 rings (SSSR count). The lowest BCUT2D eigenvalue weighted by Gasteiger charge is -2.32. The number of rotatable bonds is 8. The van der Waals surface area contributed by atoms with Gasteiger partial charge in [-0.2, -0.15) is 4.98 Å². The van der Waals surface area contributed by atoms with E-state index in [-0.39, 0.29) is 12.0 Å². The predicted octanol–water partition coefficient (Wildman–Crippen LogP) is 3.99. The molecule has 1 aliphatic heterocycles. The highest BCUT2D eigenvalue weighted by molar-refractivity contribution is 7.77. The maximum Gasteiger partial charge on any atom is 0.231 e. The van der Waals surface area contributed by atoms with Crippen molar-refractivity contribution in [3.05, 3.63) is 40.5 Å². The van der Waals surface area contributed by atoms with Crippen molar-refractivity contribution in [2.24, 2.45) is 5.92 Å². The maximum atomic E-state index is 11.0. The lowest BCUT2D eigenvalue weighted by molar-refractivity contribution is 0.303. The molecule has 1 aromatic carbocycles. The third-order valence-corrected chi connectivity index (χ3v) is 7.44. The van der Waals surface area contributed by atoms with Gasteiger partial charge in [-0.3, -0.25) is 4.55 Å². The van der Waals surface area contributed by atoms with E-state index in [1.807, 2.05) is 0 Å². The fourth-order valence-electron chi connectivity index (χ4n) is 4.82. The molecule has 0 bridgehead atoms. The van der Waals surface area contributed by atoms with Crippen LogP contribution in [0.15, 0.2) is 24.4 Å². The molecule has 2 aromatic rings. The fraction of sp³-hybridized carbons (Fsp3) is 0.565. The summed E-state index contributed by atoms with van der Waals surface area (Å²) in [7, 11) is 0. The Morgan fingerprint density at radius 1 is 1.21 bits per heavy atom. The molecule has 2 heterocycles. The molecule has 0 spiro atoms. The van der Waals surface area contributed by atoms with Crippen molar-refractivity contribution in [2.45, 2.75) is 51.5 Å². The summed E-state index contributed by atoms with van der Waals surface area (Å²) in [4.78, 5) is 11.5. The smallest absolute Gasteiger partial charge is 0.231 e. The highest BCUT2D eigenvalue weighted by atomic mass is 35.5. The SMILES string of the molecule is CCN1CCc2ccc(Nc3ncc(Cl)c(N[C@@H]4CCCC[C@@H]4CNS(=O)O)n3)cc2CC1. The summed E-state index contributed by atoms with van der Waals surface area (Å²) >= 11 is 4.40. The maximum absolute atomic E-state index is 11.0. The molecule has 33 heavy (non-hydrogen) atoms. The fourth-order valence-corrected chi connectivity index (χ4v) is 5.32. The first-order chi connectivity index (χ1) is 16.0. The molecule has 1 aromatic heterocycles. The second-order valence-electron chi connectivity index (χ2n) is 8.83. The monoisotopic (exact) mass is 492 g/mol. The van der Waals surface area contributed by atoms with Crippen molar-refractivity contribution in [2.75, 3.05) is 36.8 Å². The van der Waals surface area contributed by atoms with Crippen LogP contribution in [0.25, 0.3) is 0 Å². The zero-order valence-corrected chi connectivity index (χ0v) is 20.6. The average molecular weight is 493 g/mol. The van der Waals surface area contributed by atoms with Gasteiger partial charge in [0.05, 0.1) is 6.20 Å². The van der Waals surface area contributed by atoms with Crippen LogP contribution in [0.1, 0.15) is 43.7 Å². The summed E-state index contributed by atoms with van der Waals surface area (Å²) < 4.78 is 22.8. The van der Waals surface area contributed by atoms with Gasteiger partial charge in [0.15, 0.2) is 5.82 Å². The number of halogens is 1. The first-order valence-corrected chi connectivity index (χ1v) is 13.2. The van der Waals surface area contributed by atoms with Gasteiger partial charge in [0, 0.05) is 31.4 Å². The lowest BCUT2D eigenvalue weighted by atomic mass is 9.84. The van der Waals surface area contributed by atoms with Crippen molar-refractivity contribution in [1.29, 1.82) is 0 Å². The van der Waals surface area contributed by atoms with Crippen LogP contribution in [0.5, 0.6) is 0 Å². The van der Waals surface area contributed by atoms with Crippen molar-refractivity contribution in [3.63, 3.8) is 0 Å². The summed E-state index contributed by atoms with van der Waals surface area (Å²) in [5, 5.41) is 7.27. The topological polar surface area (TPSA) is 102 Å². The standard InChI is InChI=1S/C23H33ClN6O2S/c1-2-30-11-9-16-7-8-19(13-17(16)10-12-30)27-23-25-15-20(24)22(29-23)28-21-6-4-3-5-18(21)14-26-33(31)32/h7-8,13,15,18,21,26H,2-6,9-12,14H2,1H3,(H,31,32)(H2,25,27,28,29)/t18-,21-/m1/s1. The van der Waals surface area contributed by atoms with Gasteiger partial charge in [-0.25, -0.2) is 13.9 Å². The Bertz CT molecular complexity index is 978. The van der Waals surface area contributed by atoms with Crippen LogP contribution in [0, 0.1) is 5.92 Å². The van der Waals surface area contributed by atoms with Gasteiger partial charge in [-0.05, 0) is 61.4 Å². The number of benzene rings is 1. The van der Waals surface area contributed by atoms with Crippen molar-refractivity contribution >= 4 is 40.3 Å². The summed E-state index contributed by atoms with van der Waals surface area (Å²) in [6.45, 7) is 5.96. The summed E-state index contributed by atoms with van der Waals surface area (Å²) in [6, 6.07) is 6.63. The van der Waals surface area contributed by atoms with E-state index in [9.17, 15) is 4.21 Å². The zero-order chi connectivity index (χ0) is 23.2. The van der Waals surface area contributed by atoms with E-state index in [4.69, 9.17) is 16.2 Å². The van der Waals surface area contributed by atoms with Crippen LogP contribution in [0.2, 0.25) is 5.02 Å². The molecule has 0 radical (unpaired) electrons. The average Bonchev–Trinajstić information content (AvgIpc) is 3.02. The molecule has 0 amide bonds. The number of hydrogen-bond acceptors (Lipinski definition) is 6. The number of nitrogens with zero attached hydrogens (tertiary/aromatic N) is 3. The highest BCUT2D eigenvalue weighted by Crippen LogP contribution is 2.30. The number of aromatic nitrogens is 2. The van der Waals surface area contributed by atoms with Gasteiger partial charge in [0.25, 0.3) is 0 Å². The number of nitrogens with one attached hydrogen (secondary N) is 3. The number of fused-ring (bicyclic) bond motifs is 1. The quantitative estimate of drug-likeness (QED) is 0.413. The minimum Gasteiger partial charge on any atom is -0.366 e. The molecule has 10 heteroatoms. The van der Waals surface area contributed by atoms with E-state index in [0.717, 1.165) is 63.8 Å². The van der Waals surface area contributed by atoms with Crippen molar-refractivity contribution in [1.82, 2.24) is 19.6 Å². The second kappa shape index (κ2) is 11.6. The third-order valence-electron chi connectivity index (χ3n) is 6.75. The molecular weight excluding hydrogens is 460 g/mol. The van der Waals surface area contributed by atoms with Crippen LogP contribution < -0.4 is 15.4 Å². The van der Waals surface area contributed by atoms with Crippen LogP contribution in [-0.2, 0) is 24.1 Å². The van der Waals surface area contributed by atoms with Gasteiger partial charge in [0.2, 0.25) is 17.2 Å². The molecule has 1 saturated carbocycles. The number of hydrogen-bond donors (Lipinski definition) is 4. The van der Waals surface area contributed by atoms with E-state index in [1.165, 1.54) is 11.1 Å². The normalized spacial score (nSPS) is 22.3. The molecule has 3 atom stereocenters. The predicted molar refractivity (Wildman–Crippen MR) is 134 cm³/mol. The van der Waals surface area contributed by atoms with Crippen LogP contribution >= 0.6 is 11.6 Å². The van der Waals surface area contributed by atoms with Crippen molar-refractivity contribution < 1.29 is 8.76 Å². The molecular formula is C23H33ClN6O2S. The first kappa shape index (κ1) is 24.3. The summed E-state index contributed by atoms with van der Waals surface area (Å²) in [5.41, 5.74) is 3.76. The van der Waals surface area contributed by atoms with E-state index < -0.39 is 11.3 Å². The molecule has 0 saturated heterocycles. The van der Waals surface area contributed by atoms with Crippen LogP contribution in [0.3, 0.4) is 0 Å². The molecule has 2 aliphatic rings. The third kappa shape index (κ3) is 6.64. The lowest BCUT2D eigenvalue weighted by Crippen LogP contribution is -2.39. The molecule has 1 fully saturated rings. The Balaban J connectivity index is 1.45. The first-order valence-electron chi connectivity index (χ1n) is 11.8. The molecule has 4 N–H and O–H groups in total. The second-order valence-corrected chi connectivity index (χ2v) is 10.0.